The van der Waals surface area contributed by atoms with Crippen molar-refractivity contribution in [3.63, 3.8) is 0 Å². The van der Waals surface area contributed by atoms with Gasteiger partial charge in [0.1, 0.15) is 0 Å². The smallest absolute Gasteiger partial charge is 0.315 e. The Kier molecular flexibility index (Phi) is 5.20. The van der Waals surface area contributed by atoms with E-state index in [0.29, 0.717) is 0 Å². The standard InChI is InChI=1S/C15H24N2O/c1-6-12(4)16-15(18)17-13(5)14-8-7-10(2)9-11(14)3/h7-9,12-13H,6H2,1-5H3,(H2,16,17,18)/t12-,13-/m0/s1. The lowest BCUT2D eigenvalue weighted by atomic mass is 10.0. The molecule has 0 fully saturated rings. The van der Waals surface area contributed by atoms with Crippen LogP contribution in [0.4, 0.5) is 4.79 Å². The van der Waals surface area contributed by atoms with Gasteiger partial charge in [0.05, 0.1) is 6.04 Å². The lowest BCUT2D eigenvalue weighted by molar-refractivity contribution is 0.234. The zero-order valence-corrected chi connectivity index (χ0v) is 12.0. The zero-order chi connectivity index (χ0) is 13.7. The molecule has 1 aromatic rings. The predicted molar refractivity (Wildman–Crippen MR) is 75.8 cm³/mol. The Hall–Kier alpha value is -1.51. The van der Waals surface area contributed by atoms with Gasteiger partial charge in [-0.05, 0) is 45.2 Å². The van der Waals surface area contributed by atoms with Gasteiger partial charge in [-0.15, -0.1) is 0 Å². The number of carbonyl (C=O) groups excluding carboxylic acids is 1. The predicted octanol–water partition coefficient (Wildman–Crippen LogP) is 3.46. The molecule has 0 aromatic heterocycles. The summed E-state index contributed by atoms with van der Waals surface area (Å²) >= 11 is 0. The molecule has 0 saturated carbocycles. The van der Waals surface area contributed by atoms with Crippen molar-refractivity contribution in [1.29, 1.82) is 0 Å². The molecule has 3 nitrogen and oxygen atoms in total. The van der Waals surface area contributed by atoms with Crippen LogP contribution in [0.1, 0.15) is 49.9 Å². The number of benzene rings is 1. The highest BCUT2D eigenvalue weighted by Gasteiger charge is 2.12. The van der Waals surface area contributed by atoms with Crippen LogP contribution in [0, 0.1) is 13.8 Å². The van der Waals surface area contributed by atoms with Crippen LogP contribution < -0.4 is 10.6 Å². The van der Waals surface area contributed by atoms with Gasteiger partial charge in [-0.1, -0.05) is 30.7 Å². The van der Waals surface area contributed by atoms with Gasteiger partial charge in [-0.3, -0.25) is 0 Å². The Morgan fingerprint density at radius 1 is 1.22 bits per heavy atom. The lowest BCUT2D eigenvalue weighted by Crippen LogP contribution is -2.41. The lowest BCUT2D eigenvalue weighted by Gasteiger charge is -2.19. The van der Waals surface area contributed by atoms with Crippen molar-refractivity contribution in [2.45, 2.75) is 53.1 Å². The minimum Gasteiger partial charge on any atom is -0.336 e. The molecule has 0 saturated heterocycles. The van der Waals surface area contributed by atoms with Crippen molar-refractivity contribution < 1.29 is 4.79 Å². The first-order valence-electron chi connectivity index (χ1n) is 6.58. The summed E-state index contributed by atoms with van der Waals surface area (Å²) in [6.45, 7) is 10.2. The van der Waals surface area contributed by atoms with Crippen LogP contribution in [0.2, 0.25) is 0 Å². The normalized spacial score (nSPS) is 13.8. The van der Waals surface area contributed by atoms with E-state index in [1.165, 1.54) is 16.7 Å². The van der Waals surface area contributed by atoms with Crippen LogP contribution >= 0.6 is 0 Å². The molecule has 2 N–H and O–H groups in total. The van der Waals surface area contributed by atoms with Crippen molar-refractivity contribution in [1.82, 2.24) is 10.6 Å². The Bertz CT molecular complexity index is 415. The van der Waals surface area contributed by atoms with Crippen molar-refractivity contribution >= 4 is 6.03 Å². The number of hydrogen-bond donors (Lipinski definition) is 2. The van der Waals surface area contributed by atoms with Crippen molar-refractivity contribution in [2.75, 3.05) is 0 Å². The van der Waals surface area contributed by atoms with E-state index in [4.69, 9.17) is 0 Å². The number of aryl methyl sites for hydroxylation is 2. The number of amides is 2. The molecular formula is C15H24N2O. The Labute approximate surface area is 110 Å². The summed E-state index contributed by atoms with van der Waals surface area (Å²) in [7, 11) is 0. The monoisotopic (exact) mass is 248 g/mol. The number of nitrogens with one attached hydrogen (secondary N) is 2. The van der Waals surface area contributed by atoms with Crippen LogP contribution in [0.25, 0.3) is 0 Å². The zero-order valence-electron chi connectivity index (χ0n) is 12.0. The van der Waals surface area contributed by atoms with Gasteiger partial charge >= 0.3 is 6.03 Å². The maximum absolute atomic E-state index is 11.8. The minimum absolute atomic E-state index is 0.0228. The van der Waals surface area contributed by atoms with Crippen LogP contribution in [-0.4, -0.2) is 12.1 Å². The van der Waals surface area contributed by atoms with E-state index in [1.807, 2.05) is 13.8 Å². The fourth-order valence-electron chi connectivity index (χ4n) is 1.95. The maximum atomic E-state index is 11.8. The molecule has 0 bridgehead atoms. The first-order chi connectivity index (χ1) is 8.43. The van der Waals surface area contributed by atoms with Gasteiger partial charge in [0.2, 0.25) is 0 Å². The molecule has 1 rings (SSSR count). The summed E-state index contributed by atoms with van der Waals surface area (Å²) in [5.74, 6) is 0. The van der Waals surface area contributed by atoms with Gasteiger partial charge < -0.3 is 10.6 Å². The summed E-state index contributed by atoms with van der Waals surface area (Å²) in [6.07, 6.45) is 0.936. The van der Waals surface area contributed by atoms with E-state index < -0.39 is 0 Å². The van der Waals surface area contributed by atoms with Crippen molar-refractivity contribution in [3.05, 3.63) is 34.9 Å². The fourth-order valence-corrected chi connectivity index (χ4v) is 1.95. The highest BCUT2D eigenvalue weighted by Crippen LogP contribution is 2.18. The Morgan fingerprint density at radius 2 is 1.89 bits per heavy atom. The minimum atomic E-state index is -0.100. The van der Waals surface area contributed by atoms with Gasteiger partial charge in [0.25, 0.3) is 0 Å². The Balaban J connectivity index is 2.64. The average Bonchev–Trinajstić information content (AvgIpc) is 2.28. The molecule has 0 spiro atoms. The molecule has 2 amide bonds. The van der Waals surface area contributed by atoms with Gasteiger partial charge in [0, 0.05) is 6.04 Å². The Morgan fingerprint density at radius 3 is 2.44 bits per heavy atom. The van der Waals surface area contributed by atoms with Gasteiger partial charge in [0.15, 0.2) is 0 Å². The molecule has 100 valence electrons. The summed E-state index contributed by atoms with van der Waals surface area (Å²) in [5.41, 5.74) is 3.62. The average molecular weight is 248 g/mol. The molecule has 2 atom stereocenters. The number of hydrogen-bond acceptors (Lipinski definition) is 1. The molecule has 0 heterocycles. The second-order valence-electron chi connectivity index (χ2n) is 5.01. The third kappa shape index (κ3) is 4.06. The van der Waals surface area contributed by atoms with E-state index >= 15 is 0 Å². The van der Waals surface area contributed by atoms with Crippen LogP contribution in [0.15, 0.2) is 18.2 Å². The fraction of sp³-hybridized carbons (Fsp3) is 0.533. The number of rotatable bonds is 4. The molecule has 3 heteroatoms. The first kappa shape index (κ1) is 14.6. The maximum Gasteiger partial charge on any atom is 0.315 e. The highest BCUT2D eigenvalue weighted by molar-refractivity contribution is 5.74. The van der Waals surface area contributed by atoms with Gasteiger partial charge in [-0.25, -0.2) is 4.79 Å². The largest absolute Gasteiger partial charge is 0.336 e. The molecule has 18 heavy (non-hydrogen) atoms. The summed E-state index contributed by atoms with van der Waals surface area (Å²) in [6, 6.07) is 6.43. The SMILES string of the molecule is CC[C@H](C)NC(=O)N[C@@H](C)c1ccc(C)cc1C. The topological polar surface area (TPSA) is 41.1 Å². The molecular weight excluding hydrogens is 224 g/mol. The van der Waals surface area contributed by atoms with E-state index in [0.717, 1.165) is 6.42 Å². The van der Waals surface area contributed by atoms with Crippen LogP contribution in [0.5, 0.6) is 0 Å². The van der Waals surface area contributed by atoms with Crippen molar-refractivity contribution in [2.24, 2.45) is 0 Å². The summed E-state index contributed by atoms with van der Waals surface area (Å²) in [5, 5.41) is 5.88. The van der Waals surface area contributed by atoms with E-state index in [-0.39, 0.29) is 18.1 Å². The summed E-state index contributed by atoms with van der Waals surface area (Å²) in [4.78, 5) is 11.8. The van der Waals surface area contributed by atoms with Crippen LogP contribution in [0.3, 0.4) is 0 Å². The molecule has 1 aromatic carbocycles. The summed E-state index contributed by atoms with van der Waals surface area (Å²) < 4.78 is 0. The second-order valence-corrected chi connectivity index (χ2v) is 5.01. The molecule has 0 unspecified atom stereocenters. The molecule has 0 aliphatic heterocycles. The third-order valence-corrected chi connectivity index (χ3v) is 3.23. The second kappa shape index (κ2) is 6.43. The van der Waals surface area contributed by atoms with Crippen molar-refractivity contribution in [3.8, 4) is 0 Å². The first-order valence-corrected chi connectivity index (χ1v) is 6.58. The molecule has 0 radical (unpaired) electrons. The number of urea groups is 1. The molecule has 0 aliphatic carbocycles. The van der Waals surface area contributed by atoms with E-state index in [2.05, 4.69) is 49.6 Å². The third-order valence-electron chi connectivity index (χ3n) is 3.23. The quantitative estimate of drug-likeness (QED) is 0.841. The highest BCUT2D eigenvalue weighted by atomic mass is 16.2. The number of carbonyl (C=O) groups is 1. The van der Waals surface area contributed by atoms with Gasteiger partial charge in [-0.2, -0.15) is 0 Å². The van der Waals surface area contributed by atoms with E-state index in [9.17, 15) is 4.79 Å². The van der Waals surface area contributed by atoms with Crippen LogP contribution in [-0.2, 0) is 0 Å². The van der Waals surface area contributed by atoms with E-state index in [1.54, 1.807) is 0 Å². The molecule has 0 aliphatic rings.